The second-order valence-electron chi connectivity index (χ2n) is 3.45. The summed E-state index contributed by atoms with van der Waals surface area (Å²) in [4.78, 5) is 34.9. The Morgan fingerprint density at radius 3 is 2.47 bits per heavy atom. The molecule has 88 valence electrons. The van der Waals surface area contributed by atoms with Gasteiger partial charge in [0.05, 0.1) is 5.69 Å². The summed E-state index contributed by atoms with van der Waals surface area (Å²) in [6.07, 6.45) is 0.147. The Labute approximate surface area is 96.1 Å². The smallest absolute Gasteiger partial charge is 0.272 e. The Morgan fingerprint density at radius 2 is 1.88 bits per heavy atom. The zero-order valence-electron chi connectivity index (χ0n) is 9.21. The number of aromatic amines is 1. The molecule has 0 unspecified atom stereocenters. The largest absolute Gasteiger partial charge is 0.358 e. The number of para-hydroxylation sites is 1. The van der Waals surface area contributed by atoms with E-state index >= 15 is 0 Å². The van der Waals surface area contributed by atoms with Crippen molar-refractivity contribution in [2.75, 3.05) is 0 Å². The summed E-state index contributed by atoms with van der Waals surface area (Å²) in [5, 5.41) is 2.22. The number of aromatic nitrogens is 3. The van der Waals surface area contributed by atoms with Crippen LogP contribution in [0.1, 0.15) is 18.1 Å². The van der Waals surface area contributed by atoms with Gasteiger partial charge in [-0.1, -0.05) is 25.1 Å². The summed E-state index contributed by atoms with van der Waals surface area (Å²) in [7, 11) is 0. The highest BCUT2D eigenvalue weighted by molar-refractivity contribution is 5.77. The quantitative estimate of drug-likeness (QED) is 0.814. The third kappa shape index (κ3) is 1.84. The van der Waals surface area contributed by atoms with Gasteiger partial charge in [0.25, 0.3) is 0 Å². The van der Waals surface area contributed by atoms with Gasteiger partial charge in [-0.05, 0) is 12.1 Å². The number of nitrogens with one attached hydrogen (secondary N) is 1. The molecular weight excluding hydrogens is 222 g/mol. The van der Waals surface area contributed by atoms with Crippen LogP contribution in [0.25, 0.3) is 5.69 Å². The van der Waals surface area contributed by atoms with E-state index in [9.17, 15) is 14.4 Å². The highest BCUT2D eigenvalue weighted by atomic mass is 16.2. The minimum absolute atomic E-state index is 0.147. The van der Waals surface area contributed by atoms with Crippen molar-refractivity contribution in [2.24, 2.45) is 0 Å². The molecule has 0 amide bonds. The third-order valence-electron chi connectivity index (χ3n) is 2.36. The molecule has 0 aliphatic rings. The van der Waals surface area contributed by atoms with Crippen molar-refractivity contribution in [3.05, 3.63) is 51.3 Å². The number of nitrogens with zero attached hydrogens (tertiary/aromatic N) is 2. The number of H-pyrrole nitrogens is 1. The van der Waals surface area contributed by atoms with Gasteiger partial charge < -0.3 is 0 Å². The first-order valence-electron chi connectivity index (χ1n) is 5.18. The minimum atomic E-state index is -0.673. The molecule has 1 aromatic carbocycles. The Hall–Kier alpha value is -2.37. The lowest BCUT2D eigenvalue weighted by Crippen LogP contribution is -2.30. The lowest BCUT2D eigenvalue weighted by atomic mass is 10.3. The van der Waals surface area contributed by atoms with Gasteiger partial charge in [-0.2, -0.15) is 4.68 Å². The van der Waals surface area contributed by atoms with Gasteiger partial charge in [0.15, 0.2) is 0 Å². The number of rotatable bonds is 2. The molecule has 6 heteroatoms. The van der Waals surface area contributed by atoms with Gasteiger partial charge in [-0.25, -0.2) is 19.3 Å². The van der Waals surface area contributed by atoms with E-state index in [0.29, 0.717) is 5.69 Å². The van der Waals surface area contributed by atoms with Crippen molar-refractivity contribution in [1.82, 2.24) is 14.3 Å². The van der Waals surface area contributed by atoms with Crippen LogP contribution in [0.3, 0.4) is 0 Å². The Morgan fingerprint density at radius 1 is 1.24 bits per heavy atom. The van der Waals surface area contributed by atoms with Gasteiger partial charge in [0.2, 0.25) is 5.91 Å². The molecule has 2 rings (SSSR count). The van der Waals surface area contributed by atoms with E-state index in [1.165, 1.54) is 0 Å². The molecule has 1 N–H and O–H groups in total. The fourth-order valence-corrected chi connectivity index (χ4v) is 1.51. The van der Waals surface area contributed by atoms with Crippen molar-refractivity contribution in [3.63, 3.8) is 0 Å². The van der Waals surface area contributed by atoms with Crippen molar-refractivity contribution in [1.29, 1.82) is 0 Å². The number of carbonyl (C=O) groups is 1. The van der Waals surface area contributed by atoms with Crippen molar-refractivity contribution in [3.8, 4) is 5.69 Å². The first kappa shape index (κ1) is 11.1. The predicted octanol–water partition coefficient (Wildman–Crippen LogP) is 0.378. The molecular formula is C11H11N3O3. The summed E-state index contributed by atoms with van der Waals surface area (Å²) in [5.74, 6) is -0.443. The molecule has 6 nitrogen and oxygen atoms in total. The van der Waals surface area contributed by atoms with Crippen molar-refractivity contribution < 1.29 is 4.79 Å². The van der Waals surface area contributed by atoms with Gasteiger partial charge in [0.1, 0.15) is 0 Å². The van der Waals surface area contributed by atoms with Crippen molar-refractivity contribution in [2.45, 2.75) is 13.3 Å². The van der Waals surface area contributed by atoms with Crippen LogP contribution < -0.4 is 11.4 Å². The average molecular weight is 233 g/mol. The molecule has 0 radical (unpaired) electrons. The SMILES string of the molecule is CCC(=O)n1[nH]c(=O)n(-c2ccccc2)c1=O. The lowest BCUT2D eigenvalue weighted by molar-refractivity contribution is 0.0887. The lowest BCUT2D eigenvalue weighted by Gasteiger charge is -1.97. The molecule has 0 spiro atoms. The molecule has 0 fully saturated rings. The van der Waals surface area contributed by atoms with Gasteiger partial charge in [-0.15, -0.1) is 0 Å². The van der Waals surface area contributed by atoms with E-state index < -0.39 is 17.3 Å². The first-order chi connectivity index (χ1) is 8.15. The highest BCUT2D eigenvalue weighted by Crippen LogP contribution is 2.00. The second kappa shape index (κ2) is 4.25. The van der Waals surface area contributed by atoms with Gasteiger partial charge >= 0.3 is 11.4 Å². The maximum Gasteiger partial charge on any atom is 0.358 e. The Kier molecular flexibility index (Phi) is 2.78. The third-order valence-corrected chi connectivity index (χ3v) is 2.36. The molecule has 2 aromatic rings. The molecule has 0 saturated carbocycles. The van der Waals surface area contributed by atoms with E-state index in [-0.39, 0.29) is 6.42 Å². The molecule has 0 atom stereocenters. The monoisotopic (exact) mass is 233 g/mol. The number of hydrogen-bond acceptors (Lipinski definition) is 3. The zero-order chi connectivity index (χ0) is 12.4. The fourth-order valence-electron chi connectivity index (χ4n) is 1.51. The van der Waals surface area contributed by atoms with E-state index in [0.717, 1.165) is 9.25 Å². The zero-order valence-corrected chi connectivity index (χ0v) is 9.21. The van der Waals surface area contributed by atoms with Gasteiger partial charge in [-0.3, -0.25) is 4.79 Å². The molecule has 17 heavy (non-hydrogen) atoms. The van der Waals surface area contributed by atoms with Crippen LogP contribution in [0, 0.1) is 0 Å². The van der Waals surface area contributed by atoms with Crippen molar-refractivity contribution >= 4 is 5.91 Å². The number of benzene rings is 1. The fraction of sp³-hybridized carbons (Fsp3) is 0.182. The van der Waals surface area contributed by atoms with E-state index in [1.807, 2.05) is 0 Å². The predicted molar refractivity (Wildman–Crippen MR) is 61.6 cm³/mol. The van der Waals surface area contributed by atoms with Crippen LogP contribution >= 0.6 is 0 Å². The van der Waals surface area contributed by atoms with Crippen LogP contribution in [-0.4, -0.2) is 20.3 Å². The standard InChI is InChI=1S/C11H11N3O3/c1-2-9(15)14-11(17)13(10(16)12-14)8-6-4-3-5-7-8/h3-7H,2H2,1H3,(H,12,16). The average Bonchev–Trinajstić information content (AvgIpc) is 2.65. The van der Waals surface area contributed by atoms with Crippen LogP contribution in [-0.2, 0) is 0 Å². The Bertz CT molecular complexity index is 649. The van der Waals surface area contributed by atoms with E-state index in [4.69, 9.17) is 0 Å². The minimum Gasteiger partial charge on any atom is -0.272 e. The maximum absolute atomic E-state index is 11.9. The van der Waals surface area contributed by atoms with Crippen LogP contribution in [0.2, 0.25) is 0 Å². The van der Waals surface area contributed by atoms with Crippen LogP contribution in [0.15, 0.2) is 39.9 Å². The first-order valence-corrected chi connectivity index (χ1v) is 5.18. The second-order valence-corrected chi connectivity index (χ2v) is 3.45. The Balaban J connectivity index is 2.66. The summed E-state index contributed by atoms with van der Waals surface area (Å²) < 4.78 is 1.66. The summed E-state index contributed by atoms with van der Waals surface area (Å²) in [6, 6.07) is 8.44. The van der Waals surface area contributed by atoms with E-state index in [2.05, 4.69) is 5.10 Å². The maximum atomic E-state index is 11.9. The molecule has 1 aromatic heterocycles. The molecule has 0 saturated heterocycles. The molecule has 0 aliphatic carbocycles. The molecule has 0 bridgehead atoms. The topological polar surface area (TPSA) is 76.9 Å². The van der Waals surface area contributed by atoms with E-state index in [1.54, 1.807) is 37.3 Å². The number of carbonyl (C=O) groups excluding carboxylic acids is 1. The normalized spacial score (nSPS) is 10.4. The van der Waals surface area contributed by atoms with Gasteiger partial charge in [0, 0.05) is 6.42 Å². The molecule has 0 aliphatic heterocycles. The highest BCUT2D eigenvalue weighted by Gasteiger charge is 2.14. The summed E-state index contributed by atoms with van der Waals surface area (Å²) in [5.41, 5.74) is -0.863. The van der Waals surface area contributed by atoms with Crippen LogP contribution in [0.5, 0.6) is 0 Å². The summed E-state index contributed by atoms with van der Waals surface area (Å²) >= 11 is 0. The van der Waals surface area contributed by atoms with Crippen LogP contribution in [0.4, 0.5) is 0 Å². The number of hydrogen-bond donors (Lipinski definition) is 1. The summed E-state index contributed by atoms with van der Waals surface area (Å²) in [6.45, 7) is 1.62. The molecule has 1 heterocycles.